The molecule has 0 saturated carbocycles. The van der Waals surface area contributed by atoms with Crippen LogP contribution in [0.1, 0.15) is 48.5 Å². The van der Waals surface area contributed by atoms with Crippen molar-refractivity contribution in [2.75, 3.05) is 0 Å². The van der Waals surface area contributed by atoms with Gasteiger partial charge in [-0.3, -0.25) is 14.4 Å². The van der Waals surface area contributed by atoms with E-state index < -0.39 is 0 Å². The molecule has 5 rings (SSSR count). The van der Waals surface area contributed by atoms with E-state index in [1.807, 2.05) is 20.8 Å². The molecule has 2 heterocycles. The van der Waals surface area contributed by atoms with E-state index in [2.05, 4.69) is 29.9 Å². The Hall–Kier alpha value is -5.31. The molecule has 0 spiro atoms. The molecule has 0 unspecified atom stereocenters. The third kappa shape index (κ3) is 6.92. The molecule has 5 aromatic rings. The zero-order chi connectivity index (χ0) is 27.8. The van der Waals surface area contributed by atoms with E-state index >= 15 is 0 Å². The Morgan fingerprint density at radius 1 is 0.385 bits per heavy atom. The summed E-state index contributed by atoms with van der Waals surface area (Å²) in [7, 11) is 0. The van der Waals surface area contributed by atoms with Crippen LogP contribution >= 0.6 is 0 Å². The van der Waals surface area contributed by atoms with Crippen molar-refractivity contribution in [2.45, 2.75) is 20.8 Å². The third-order valence-electron chi connectivity index (χ3n) is 5.52. The second kappa shape index (κ2) is 12.3. The molecule has 9 heteroatoms. The second-order valence-electron chi connectivity index (χ2n) is 8.50. The molecule has 0 fully saturated rings. The van der Waals surface area contributed by atoms with E-state index in [1.165, 1.54) is 0 Å². The van der Waals surface area contributed by atoms with Crippen molar-refractivity contribution in [3.8, 4) is 34.2 Å². The first-order valence-electron chi connectivity index (χ1n) is 12.0. The minimum absolute atomic E-state index is 0.450. The summed E-state index contributed by atoms with van der Waals surface area (Å²) in [6.07, 6.45) is 2.33. The van der Waals surface area contributed by atoms with E-state index in [4.69, 9.17) is 0 Å². The fourth-order valence-electron chi connectivity index (χ4n) is 3.67. The molecule has 2 aromatic heterocycles. The van der Waals surface area contributed by atoms with Crippen molar-refractivity contribution in [3.63, 3.8) is 0 Å². The number of aryl methyl sites for hydroxylation is 3. The summed E-state index contributed by atoms with van der Waals surface area (Å²) in [6.45, 7) is 5.59. The monoisotopic (exact) mass is 516 g/mol. The molecule has 0 radical (unpaired) electrons. The SMILES string of the molecule is Cc1nc(C)nc(C)n1.O=Cc1ccc(-c2nc(-c3ccc(C=O)cc3)nc(-c3ccc(C=O)cc3)n2)cc1. The Morgan fingerprint density at radius 3 is 0.821 bits per heavy atom. The highest BCUT2D eigenvalue weighted by Gasteiger charge is 2.12. The molecule has 9 nitrogen and oxygen atoms in total. The van der Waals surface area contributed by atoms with Gasteiger partial charge in [0.2, 0.25) is 0 Å². The van der Waals surface area contributed by atoms with Gasteiger partial charge >= 0.3 is 0 Å². The van der Waals surface area contributed by atoms with Crippen LogP contribution in [0.2, 0.25) is 0 Å². The standard InChI is InChI=1S/C24H15N3O3.C6H9N3/c28-13-16-1-7-19(8-2-16)22-25-23(20-9-3-17(14-29)4-10-20)27-24(26-22)21-11-5-18(15-30)6-12-21;1-4-7-5(2)9-6(3)8-4/h1-15H;1-3H3. The number of nitrogens with zero attached hydrogens (tertiary/aromatic N) is 6. The Labute approximate surface area is 225 Å². The zero-order valence-electron chi connectivity index (χ0n) is 21.6. The van der Waals surface area contributed by atoms with Gasteiger partial charge in [-0.25, -0.2) is 29.9 Å². The average Bonchev–Trinajstić information content (AvgIpc) is 2.96. The summed E-state index contributed by atoms with van der Waals surface area (Å²) < 4.78 is 0. The van der Waals surface area contributed by atoms with Crippen LogP contribution in [-0.4, -0.2) is 48.8 Å². The summed E-state index contributed by atoms with van der Waals surface area (Å²) in [5.74, 6) is 3.73. The van der Waals surface area contributed by atoms with E-state index in [0.29, 0.717) is 34.2 Å². The van der Waals surface area contributed by atoms with E-state index in [0.717, 1.165) is 53.0 Å². The highest BCUT2D eigenvalue weighted by Crippen LogP contribution is 2.25. The van der Waals surface area contributed by atoms with Gasteiger partial charge < -0.3 is 0 Å². The summed E-state index contributed by atoms with van der Waals surface area (Å²) in [5, 5.41) is 0. The average molecular weight is 517 g/mol. The number of rotatable bonds is 6. The van der Waals surface area contributed by atoms with Crippen molar-refractivity contribution in [2.24, 2.45) is 0 Å². The molecule has 0 aliphatic carbocycles. The van der Waals surface area contributed by atoms with Crippen LogP contribution < -0.4 is 0 Å². The molecule has 0 bridgehead atoms. The van der Waals surface area contributed by atoms with Crippen molar-refractivity contribution < 1.29 is 14.4 Å². The highest BCUT2D eigenvalue weighted by atomic mass is 16.1. The lowest BCUT2D eigenvalue weighted by Crippen LogP contribution is -2.00. The largest absolute Gasteiger partial charge is 0.298 e. The lowest BCUT2D eigenvalue weighted by Gasteiger charge is -2.09. The number of carbonyl (C=O) groups excluding carboxylic acids is 3. The van der Waals surface area contributed by atoms with Crippen molar-refractivity contribution in [1.82, 2.24) is 29.9 Å². The Kier molecular flexibility index (Phi) is 8.43. The Morgan fingerprint density at radius 2 is 0.615 bits per heavy atom. The molecule has 0 N–H and O–H groups in total. The first-order valence-corrected chi connectivity index (χ1v) is 12.0. The van der Waals surface area contributed by atoms with Gasteiger partial charge in [0.15, 0.2) is 17.5 Å². The predicted molar refractivity (Wildman–Crippen MR) is 146 cm³/mol. The van der Waals surface area contributed by atoms with Gasteiger partial charge in [0.05, 0.1) is 0 Å². The van der Waals surface area contributed by atoms with Crippen molar-refractivity contribution in [3.05, 3.63) is 107 Å². The lowest BCUT2D eigenvalue weighted by molar-refractivity contribution is 0.111. The summed E-state index contributed by atoms with van der Waals surface area (Å²) in [6, 6.07) is 20.8. The molecule has 0 aliphatic heterocycles. The minimum Gasteiger partial charge on any atom is -0.298 e. The fraction of sp³-hybridized carbons (Fsp3) is 0.100. The first kappa shape index (κ1) is 26.7. The van der Waals surface area contributed by atoms with E-state index in [9.17, 15) is 14.4 Å². The number of hydrogen-bond donors (Lipinski definition) is 0. The van der Waals surface area contributed by atoms with Crippen molar-refractivity contribution in [1.29, 1.82) is 0 Å². The minimum atomic E-state index is 0.450. The molecule has 0 saturated heterocycles. The maximum atomic E-state index is 10.9. The molecular weight excluding hydrogens is 492 g/mol. The number of aldehydes is 3. The van der Waals surface area contributed by atoms with Gasteiger partial charge in [-0.15, -0.1) is 0 Å². The van der Waals surface area contributed by atoms with E-state index in [1.54, 1.807) is 72.8 Å². The van der Waals surface area contributed by atoms with Crippen LogP contribution in [-0.2, 0) is 0 Å². The molecule has 0 aliphatic rings. The molecule has 0 amide bonds. The molecule has 0 atom stereocenters. The zero-order valence-corrected chi connectivity index (χ0v) is 21.6. The van der Waals surface area contributed by atoms with Crippen LogP contribution in [0.25, 0.3) is 34.2 Å². The molecule has 39 heavy (non-hydrogen) atoms. The summed E-state index contributed by atoms with van der Waals surface area (Å²) in [5.41, 5.74) is 3.88. The van der Waals surface area contributed by atoms with Gasteiger partial charge in [-0.05, 0) is 20.8 Å². The Bertz CT molecular complexity index is 1400. The number of hydrogen-bond acceptors (Lipinski definition) is 9. The number of carbonyl (C=O) groups is 3. The maximum Gasteiger partial charge on any atom is 0.164 e. The number of benzene rings is 3. The quantitative estimate of drug-likeness (QED) is 0.283. The highest BCUT2D eigenvalue weighted by molar-refractivity contribution is 5.78. The smallest absolute Gasteiger partial charge is 0.164 e. The second-order valence-corrected chi connectivity index (χ2v) is 8.50. The van der Waals surface area contributed by atoms with Crippen LogP contribution in [0.5, 0.6) is 0 Å². The van der Waals surface area contributed by atoms with Crippen LogP contribution in [0.4, 0.5) is 0 Å². The van der Waals surface area contributed by atoms with E-state index in [-0.39, 0.29) is 0 Å². The van der Waals surface area contributed by atoms with Gasteiger partial charge in [0.25, 0.3) is 0 Å². The maximum absolute atomic E-state index is 10.9. The normalized spacial score (nSPS) is 10.2. The third-order valence-corrected chi connectivity index (χ3v) is 5.52. The van der Waals surface area contributed by atoms with Gasteiger partial charge in [0.1, 0.15) is 36.3 Å². The number of aromatic nitrogens is 6. The molecular formula is C30H24N6O3. The molecule has 192 valence electrons. The predicted octanol–water partition coefficient (Wildman–Crippen LogP) is 5.11. The Balaban J connectivity index is 0.000000333. The van der Waals surface area contributed by atoms with Crippen LogP contribution in [0.15, 0.2) is 72.8 Å². The summed E-state index contributed by atoms with van der Waals surface area (Å²) in [4.78, 5) is 58.6. The lowest BCUT2D eigenvalue weighted by atomic mass is 10.1. The van der Waals surface area contributed by atoms with Gasteiger partial charge in [-0.1, -0.05) is 72.8 Å². The van der Waals surface area contributed by atoms with Crippen LogP contribution in [0, 0.1) is 20.8 Å². The fourth-order valence-corrected chi connectivity index (χ4v) is 3.67. The topological polar surface area (TPSA) is 129 Å². The summed E-state index contributed by atoms with van der Waals surface area (Å²) >= 11 is 0. The van der Waals surface area contributed by atoms with Gasteiger partial charge in [0, 0.05) is 33.4 Å². The molecule has 3 aromatic carbocycles. The van der Waals surface area contributed by atoms with Gasteiger partial charge in [-0.2, -0.15) is 0 Å². The van der Waals surface area contributed by atoms with Crippen LogP contribution in [0.3, 0.4) is 0 Å². The first-order chi connectivity index (χ1) is 18.9. The van der Waals surface area contributed by atoms with Crippen molar-refractivity contribution >= 4 is 18.9 Å².